The van der Waals surface area contributed by atoms with Gasteiger partial charge in [-0.1, -0.05) is 24.3 Å². The Kier molecular flexibility index (Phi) is 6.17. The second-order valence-corrected chi connectivity index (χ2v) is 5.03. The normalized spacial score (nSPS) is 10.9. The van der Waals surface area contributed by atoms with Crippen molar-refractivity contribution in [2.24, 2.45) is 0 Å². The zero-order valence-electron chi connectivity index (χ0n) is 14.0. The number of carboxylic acid groups (broad SMARTS) is 1. The highest BCUT2D eigenvalue weighted by Gasteiger charge is 2.14. The van der Waals surface area contributed by atoms with Crippen LogP contribution >= 0.6 is 0 Å². The maximum atomic E-state index is 12.2. The Balaban J connectivity index is 2.28. The number of carboxylic acids is 1. The van der Waals surface area contributed by atoms with Crippen molar-refractivity contribution in [1.82, 2.24) is 5.32 Å². The fourth-order valence-corrected chi connectivity index (χ4v) is 2.15. The van der Waals surface area contributed by atoms with Gasteiger partial charge in [-0.25, -0.2) is 4.79 Å². The van der Waals surface area contributed by atoms with Gasteiger partial charge in [0.25, 0.3) is 5.91 Å². The third-order valence-corrected chi connectivity index (χ3v) is 3.31. The average Bonchev–Trinajstić information content (AvgIpc) is 2.63. The predicted molar refractivity (Wildman–Crippen MR) is 93.7 cm³/mol. The van der Waals surface area contributed by atoms with Crippen molar-refractivity contribution >= 4 is 18.0 Å². The molecule has 25 heavy (non-hydrogen) atoms. The second kappa shape index (κ2) is 8.54. The minimum atomic E-state index is -1.24. The van der Waals surface area contributed by atoms with Crippen LogP contribution in [0.4, 0.5) is 0 Å². The summed E-state index contributed by atoms with van der Waals surface area (Å²) in [6.07, 6.45) is 1.36. The first-order valence-electron chi connectivity index (χ1n) is 7.67. The summed E-state index contributed by atoms with van der Waals surface area (Å²) in [5.41, 5.74) is 0.699. The van der Waals surface area contributed by atoms with Gasteiger partial charge in [0.05, 0.1) is 13.7 Å². The molecule has 0 atom stereocenters. The molecule has 0 fully saturated rings. The van der Waals surface area contributed by atoms with Gasteiger partial charge in [-0.3, -0.25) is 4.79 Å². The van der Waals surface area contributed by atoms with Crippen LogP contribution in [0, 0.1) is 0 Å². The van der Waals surface area contributed by atoms with Crippen LogP contribution in [-0.2, 0) is 4.79 Å². The lowest BCUT2D eigenvalue weighted by molar-refractivity contribution is -0.132. The van der Waals surface area contributed by atoms with Crippen LogP contribution in [0.1, 0.15) is 22.8 Å². The van der Waals surface area contributed by atoms with Crippen molar-refractivity contribution in [2.75, 3.05) is 13.7 Å². The van der Waals surface area contributed by atoms with Gasteiger partial charge in [-0.05, 0) is 42.8 Å². The van der Waals surface area contributed by atoms with E-state index in [-0.39, 0.29) is 5.70 Å². The van der Waals surface area contributed by atoms with Crippen molar-refractivity contribution in [3.05, 3.63) is 65.4 Å². The number of carbonyl (C=O) groups excluding carboxylic acids is 1. The Bertz CT molecular complexity index is 784. The molecule has 2 N–H and O–H groups in total. The molecule has 0 aliphatic carbocycles. The Morgan fingerprint density at radius 2 is 1.84 bits per heavy atom. The first kappa shape index (κ1) is 18.1. The molecular formula is C19H19NO5. The van der Waals surface area contributed by atoms with Crippen molar-refractivity contribution in [2.45, 2.75) is 6.92 Å². The summed E-state index contributed by atoms with van der Waals surface area (Å²) in [6, 6.07) is 13.4. The van der Waals surface area contributed by atoms with Gasteiger partial charge in [0.2, 0.25) is 0 Å². The number of amides is 1. The monoisotopic (exact) mass is 341 g/mol. The average molecular weight is 341 g/mol. The lowest BCUT2D eigenvalue weighted by Gasteiger charge is -2.10. The highest BCUT2D eigenvalue weighted by molar-refractivity contribution is 6.02. The largest absolute Gasteiger partial charge is 0.493 e. The van der Waals surface area contributed by atoms with Crippen LogP contribution < -0.4 is 14.8 Å². The molecule has 6 heteroatoms. The van der Waals surface area contributed by atoms with E-state index in [0.717, 1.165) is 0 Å². The molecule has 1 amide bonds. The van der Waals surface area contributed by atoms with Crippen molar-refractivity contribution in [3.8, 4) is 11.5 Å². The summed E-state index contributed by atoms with van der Waals surface area (Å²) >= 11 is 0. The molecule has 0 unspecified atom stereocenters. The molecule has 2 aromatic rings. The number of methoxy groups -OCH3 is 1. The summed E-state index contributed by atoms with van der Waals surface area (Å²) in [7, 11) is 1.50. The fraction of sp³-hybridized carbons (Fsp3) is 0.158. The molecule has 0 spiro atoms. The van der Waals surface area contributed by atoms with E-state index >= 15 is 0 Å². The zero-order valence-corrected chi connectivity index (χ0v) is 14.0. The standard InChI is InChI=1S/C19H19NO5/c1-3-25-16-10-9-13(12-17(16)24-2)11-15(19(22)23)20-18(21)14-7-5-4-6-8-14/h4-12H,3H2,1-2H3,(H,20,21)(H,22,23). The van der Waals surface area contributed by atoms with Gasteiger partial charge in [-0.2, -0.15) is 0 Å². The Labute approximate surface area is 145 Å². The molecule has 0 aliphatic heterocycles. The van der Waals surface area contributed by atoms with Gasteiger partial charge < -0.3 is 19.9 Å². The van der Waals surface area contributed by atoms with Crippen LogP contribution in [-0.4, -0.2) is 30.7 Å². The van der Waals surface area contributed by atoms with Crippen molar-refractivity contribution in [3.63, 3.8) is 0 Å². The van der Waals surface area contributed by atoms with E-state index in [0.29, 0.717) is 29.2 Å². The van der Waals surface area contributed by atoms with Gasteiger partial charge in [0.1, 0.15) is 5.70 Å². The summed E-state index contributed by atoms with van der Waals surface area (Å²) in [6.45, 7) is 2.34. The summed E-state index contributed by atoms with van der Waals surface area (Å²) in [5.74, 6) is -0.689. The Morgan fingerprint density at radius 1 is 1.12 bits per heavy atom. The van der Waals surface area contributed by atoms with E-state index in [2.05, 4.69) is 5.32 Å². The lowest BCUT2D eigenvalue weighted by Crippen LogP contribution is -2.27. The number of benzene rings is 2. The zero-order chi connectivity index (χ0) is 18.2. The molecule has 0 saturated carbocycles. The topological polar surface area (TPSA) is 84.9 Å². The number of nitrogens with one attached hydrogen (secondary N) is 1. The van der Waals surface area contributed by atoms with E-state index in [1.165, 1.54) is 13.2 Å². The van der Waals surface area contributed by atoms with Crippen LogP contribution in [0.2, 0.25) is 0 Å². The molecule has 0 radical (unpaired) electrons. The summed E-state index contributed by atoms with van der Waals surface area (Å²) in [5, 5.41) is 11.8. The number of ether oxygens (including phenoxy) is 2. The maximum absolute atomic E-state index is 12.2. The van der Waals surface area contributed by atoms with Crippen molar-refractivity contribution < 1.29 is 24.2 Å². The van der Waals surface area contributed by atoms with Crippen LogP contribution in [0.25, 0.3) is 6.08 Å². The molecule has 0 aliphatic rings. The lowest BCUT2D eigenvalue weighted by atomic mass is 10.1. The summed E-state index contributed by atoms with van der Waals surface area (Å²) < 4.78 is 10.7. The van der Waals surface area contributed by atoms with Gasteiger partial charge in [0.15, 0.2) is 11.5 Å². The maximum Gasteiger partial charge on any atom is 0.352 e. The molecule has 0 bridgehead atoms. The molecular weight excluding hydrogens is 322 g/mol. The van der Waals surface area contributed by atoms with Crippen LogP contribution in [0.3, 0.4) is 0 Å². The highest BCUT2D eigenvalue weighted by Crippen LogP contribution is 2.28. The molecule has 130 valence electrons. The van der Waals surface area contributed by atoms with E-state index in [9.17, 15) is 14.7 Å². The quantitative estimate of drug-likeness (QED) is 0.756. The minimum absolute atomic E-state index is 0.236. The SMILES string of the molecule is CCOc1ccc(C=C(NC(=O)c2ccccc2)C(=O)O)cc1OC. The van der Waals surface area contributed by atoms with E-state index in [4.69, 9.17) is 9.47 Å². The molecule has 0 heterocycles. The van der Waals surface area contributed by atoms with Gasteiger partial charge >= 0.3 is 5.97 Å². The number of rotatable bonds is 7. The highest BCUT2D eigenvalue weighted by atomic mass is 16.5. The number of hydrogen-bond acceptors (Lipinski definition) is 4. The number of aliphatic carboxylic acids is 1. The number of hydrogen-bond donors (Lipinski definition) is 2. The summed E-state index contributed by atoms with van der Waals surface area (Å²) in [4.78, 5) is 23.6. The molecule has 0 saturated heterocycles. The van der Waals surface area contributed by atoms with E-state index in [1.54, 1.807) is 48.5 Å². The third-order valence-electron chi connectivity index (χ3n) is 3.31. The number of carbonyl (C=O) groups is 2. The Hall–Kier alpha value is -3.28. The van der Waals surface area contributed by atoms with Gasteiger partial charge in [0, 0.05) is 5.56 Å². The molecule has 2 aromatic carbocycles. The first-order valence-corrected chi connectivity index (χ1v) is 7.67. The van der Waals surface area contributed by atoms with Gasteiger partial charge in [-0.15, -0.1) is 0 Å². The minimum Gasteiger partial charge on any atom is -0.493 e. The van der Waals surface area contributed by atoms with Crippen LogP contribution in [0.5, 0.6) is 11.5 Å². The Morgan fingerprint density at radius 3 is 2.44 bits per heavy atom. The third kappa shape index (κ3) is 4.84. The predicted octanol–water partition coefficient (Wildman–Crippen LogP) is 2.95. The van der Waals surface area contributed by atoms with Crippen LogP contribution in [0.15, 0.2) is 54.2 Å². The smallest absolute Gasteiger partial charge is 0.352 e. The van der Waals surface area contributed by atoms with E-state index in [1.807, 2.05) is 6.92 Å². The molecule has 0 aromatic heterocycles. The molecule has 2 rings (SSSR count). The van der Waals surface area contributed by atoms with E-state index < -0.39 is 11.9 Å². The second-order valence-electron chi connectivity index (χ2n) is 5.03. The first-order chi connectivity index (χ1) is 12.0. The molecule has 6 nitrogen and oxygen atoms in total. The van der Waals surface area contributed by atoms with Crippen molar-refractivity contribution in [1.29, 1.82) is 0 Å². The fourth-order valence-electron chi connectivity index (χ4n) is 2.15.